The molecule has 0 aliphatic rings. The Hall–Kier alpha value is -3.02. The van der Waals surface area contributed by atoms with E-state index < -0.39 is 5.97 Å². The lowest BCUT2D eigenvalue weighted by Crippen LogP contribution is -2.14. The number of fused-ring (bicyclic) bond motifs is 1. The van der Waals surface area contributed by atoms with Gasteiger partial charge in [0.05, 0.1) is 17.0 Å². The second kappa shape index (κ2) is 6.62. The molecule has 6 heteroatoms. The fourth-order valence-corrected chi connectivity index (χ4v) is 2.59. The minimum Gasteiger partial charge on any atom is -0.457 e. The zero-order chi connectivity index (χ0) is 17.1. The van der Waals surface area contributed by atoms with E-state index in [0.717, 1.165) is 23.2 Å². The highest BCUT2D eigenvalue weighted by molar-refractivity contribution is 5.89. The number of benzene rings is 1. The van der Waals surface area contributed by atoms with Crippen molar-refractivity contribution in [3.63, 3.8) is 0 Å². The number of nitrogens with zero attached hydrogens (tertiary/aromatic N) is 4. The Balaban J connectivity index is 2.17. The van der Waals surface area contributed by atoms with Crippen molar-refractivity contribution in [2.45, 2.75) is 20.3 Å². The van der Waals surface area contributed by atoms with E-state index in [1.165, 1.54) is 6.08 Å². The van der Waals surface area contributed by atoms with Crippen LogP contribution >= 0.6 is 0 Å². The molecular formula is C18H18N4O2. The van der Waals surface area contributed by atoms with Gasteiger partial charge in [-0.05, 0) is 18.9 Å². The summed E-state index contributed by atoms with van der Waals surface area (Å²) in [5.41, 5.74) is 4.28. The second-order valence-corrected chi connectivity index (χ2v) is 5.30. The molecule has 0 fully saturated rings. The van der Waals surface area contributed by atoms with Crippen LogP contribution in [0.15, 0.2) is 43.0 Å². The predicted molar refractivity (Wildman–Crippen MR) is 90.8 cm³/mol. The van der Waals surface area contributed by atoms with Crippen molar-refractivity contribution < 1.29 is 9.53 Å². The zero-order valence-corrected chi connectivity index (χ0v) is 13.7. The largest absolute Gasteiger partial charge is 0.457 e. The molecule has 122 valence electrons. The molecule has 0 amide bonds. The van der Waals surface area contributed by atoms with Gasteiger partial charge in [-0.3, -0.25) is 0 Å². The van der Waals surface area contributed by atoms with Crippen molar-refractivity contribution in [3.8, 4) is 11.1 Å². The first-order valence-electron chi connectivity index (χ1n) is 7.75. The zero-order valence-electron chi connectivity index (χ0n) is 13.7. The molecule has 3 aromatic rings. The molecule has 0 radical (unpaired) electrons. The van der Waals surface area contributed by atoms with E-state index in [1.807, 2.05) is 37.3 Å². The SMILES string of the molecule is C=CCOC(=O)c1nnc2c(-c3ccccc3)c(CC)nn2c1C. The minimum absolute atomic E-state index is 0.132. The van der Waals surface area contributed by atoms with Crippen molar-refractivity contribution in [1.29, 1.82) is 0 Å². The quantitative estimate of drug-likeness (QED) is 0.533. The van der Waals surface area contributed by atoms with E-state index in [-0.39, 0.29) is 12.3 Å². The van der Waals surface area contributed by atoms with Crippen molar-refractivity contribution in [2.75, 3.05) is 6.61 Å². The molecule has 0 aliphatic carbocycles. The highest BCUT2D eigenvalue weighted by Crippen LogP contribution is 2.28. The molecule has 3 rings (SSSR count). The number of carbonyl (C=O) groups is 1. The van der Waals surface area contributed by atoms with E-state index in [4.69, 9.17) is 4.74 Å². The van der Waals surface area contributed by atoms with Gasteiger partial charge >= 0.3 is 5.97 Å². The third-order valence-electron chi connectivity index (χ3n) is 3.76. The Labute approximate surface area is 139 Å². The van der Waals surface area contributed by atoms with Gasteiger partial charge in [0.15, 0.2) is 11.3 Å². The van der Waals surface area contributed by atoms with Crippen molar-refractivity contribution >= 4 is 11.6 Å². The maximum Gasteiger partial charge on any atom is 0.361 e. The first-order valence-corrected chi connectivity index (χ1v) is 7.75. The van der Waals surface area contributed by atoms with Crippen LogP contribution in [0, 0.1) is 6.92 Å². The molecule has 2 heterocycles. The summed E-state index contributed by atoms with van der Waals surface area (Å²) in [7, 11) is 0. The molecule has 0 saturated carbocycles. The lowest BCUT2D eigenvalue weighted by atomic mass is 10.0. The van der Waals surface area contributed by atoms with Crippen LogP contribution < -0.4 is 0 Å². The molecule has 0 saturated heterocycles. The maximum atomic E-state index is 12.1. The van der Waals surface area contributed by atoms with Gasteiger partial charge in [-0.2, -0.15) is 5.10 Å². The van der Waals surface area contributed by atoms with Gasteiger partial charge in [-0.25, -0.2) is 9.31 Å². The van der Waals surface area contributed by atoms with Crippen LogP contribution in [0.5, 0.6) is 0 Å². The summed E-state index contributed by atoms with van der Waals surface area (Å²) in [6.07, 6.45) is 2.26. The Morgan fingerprint density at radius 1 is 1.29 bits per heavy atom. The van der Waals surface area contributed by atoms with E-state index in [9.17, 15) is 4.79 Å². The predicted octanol–water partition coefficient (Wildman–Crippen LogP) is 3.00. The topological polar surface area (TPSA) is 69.4 Å². The third kappa shape index (κ3) is 2.67. The highest BCUT2D eigenvalue weighted by atomic mass is 16.5. The molecule has 0 atom stereocenters. The van der Waals surface area contributed by atoms with Crippen molar-refractivity contribution in [3.05, 3.63) is 60.1 Å². The van der Waals surface area contributed by atoms with Gasteiger partial charge in [0.1, 0.15) is 6.61 Å². The number of rotatable bonds is 5. The van der Waals surface area contributed by atoms with Gasteiger partial charge in [0.2, 0.25) is 0 Å². The molecule has 0 aliphatic heterocycles. The number of esters is 1. The summed E-state index contributed by atoms with van der Waals surface area (Å²) in [6, 6.07) is 9.93. The van der Waals surface area contributed by atoms with Crippen LogP contribution in [0.3, 0.4) is 0 Å². The van der Waals surface area contributed by atoms with Crippen LogP contribution in [-0.2, 0) is 11.2 Å². The summed E-state index contributed by atoms with van der Waals surface area (Å²) < 4.78 is 6.72. The summed E-state index contributed by atoms with van der Waals surface area (Å²) in [5, 5.41) is 12.9. The van der Waals surface area contributed by atoms with Gasteiger partial charge < -0.3 is 4.74 Å². The van der Waals surface area contributed by atoms with Crippen molar-refractivity contribution in [1.82, 2.24) is 19.8 Å². The number of carbonyl (C=O) groups excluding carboxylic acids is 1. The lowest BCUT2D eigenvalue weighted by molar-refractivity contribution is 0.0539. The fourth-order valence-electron chi connectivity index (χ4n) is 2.59. The molecular weight excluding hydrogens is 304 g/mol. The number of ether oxygens (including phenoxy) is 1. The van der Waals surface area contributed by atoms with Gasteiger partial charge in [0.25, 0.3) is 0 Å². The monoisotopic (exact) mass is 322 g/mol. The fraction of sp³-hybridized carbons (Fsp3) is 0.222. The van der Waals surface area contributed by atoms with Crippen LogP contribution in [0.1, 0.15) is 28.8 Å². The number of hydrogen-bond acceptors (Lipinski definition) is 5. The summed E-state index contributed by atoms with van der Waals surface area (Å²) in [6.45, 7) is 7.48. The second-order valence-electron chi connectivity index (χ2n) is 5.30. The molecule has 0 spiro atoms. The standard InChI is InChI=1S/C18H18N4O2/c1-4-11-24-18(23)16-12(3)22-17(20-19-16)15(14(5-2)21-22)13-9-7-6-8-10-13/h4,6-10H,1,5,11H2,2-3H3. The Bertz CT molecular complexity index is 900. The smallest absolute Gasteiger partial charge is 0.361 e. The molecule has 0 N–H and O–H groups in total. The molecule has 6 nitrogen and oxygen atoms in total. The maximum absolute atomic E-state index is 12.1. The Morgan fingerprint density at radius 3 is 2.71 bits per heavy atom. The van der Waals surface area contributed by atoms with E-state index in [1.54, 1.807) is 11.4 Å². The van der Waals surface area contributed by atoms with E-state index in [0.29, 0.717) is 11.3 Å². The molecule has 2 aromatic heterocycles. The van der Waals surface area contributed by atoms with Gasteiger partial charge in [0, 0.05) is 0 Å². The highest BCUT2D eigenvalue weighted by Gasteiger charge is 2.21. The Kier molecular flexibility index (Phi) is 4.37. The number of aryl methyl sites for hydroxylation is 2. The first kappa shape index (κ1) is 15.9. The minimum atomic E-state index is -0.531. The summed E-state index contributed by atoms with van der Waals surface area (Å²) in [5.74, 6) is -0.531. The van der Waals surface area contributed by atoms with Crippen LogP contribution in [0.25, 0.3) is 16.8 Å². The molecule has 1 aromatic carbocycles. The molecule has 0 bridgehead atoms. The van der Waals surface area contributed by atoms with Crippen LogP contribution in [0.2, 0.25) is 0 Å². The average Bonchev–Trinajstić information content (AvgIpc) is 3.00. The summed E-state index contributed by atoms with van der Waals surface area (Å²) in [4.78, 5) is 12.1. The first-order chi connectivity index (χ1) is 11.7. The molecule has 24 heavy (non-hydrogen) atoms. The summed E-state index contributed by atoms with van der Waals surface area (Å²) >= 11 is 0. The lowest BCUT2D eigenvalue weighted by Gasteiger charge is -2.05. The normalized spacial score (nSPS) is 10.8. The Morgan fingerprint density at radius 2 is 2.04 bits per heavy atom. The van der Waals surface area contributed by atoms with E-state index in [2.05, 4.69) is 21.9 Å². The number of aromatic nitrogens is 4. The average molecular weight is 322 g/mol. The van der Waals surface area contributed by atoms with Crippen LogP contribution in [0.4, 0.5) is 0 Å². The van der Waals surface area contributed by atoms with Crippen LogP contribution in [-0.4, -0.2) is 32.4 Å². The third-order valence-corrected chi connectivity index (χ3v) is 3.76. The van der Waals surface area contributed by atoms with E-state index >= 15 is 0 Å². The molecule has 0 unspecified atom stereocenters. The van der Waals surface area contributed by atoms with Gasteiger partial charge in [-0.15, -0.1) is 10.2 Å². The van der Waals surface area contributed by atoms with Crippen molar-refractivity contribution in [2.24, 2.45) is 0 Å². The van der Waals surface area contributed by atoms with Gasteiger partial charge in [-0.1, -0.05) is 49.9 Å². The number of hydrogen-bond donors (Lipinski definition) is 0.